The second kappa shape index (κ2) is 9.21. The van der Waals surface area contributed by atoms with Gasteiger partial charge in [-0.2, -0.15) is 0 Å². The maximum Gasteiger partial charge on any atom is 0.244 e. The Labute approximate surface area is 205 Å². The van der Waals surface area contributed by atoms with Crippen LogP contribution in [-0.4, -0.2) is 21.0 Å². The van der Waals surface area contributed by atoms with E-state index in [2.05, 4.69) is 16.4 Å². The first-order valence-corrected chi connectivity index (χ1v) is 11.3. The first kappa shape index (κ1) is 22.0. The monoisotopic (exact) mass is 487 g/mol. The number of phenolic OH excluding ortho intramolecular Hbond substituents is 1. The zero-order valence-corrected chi connectivity index (χ0v) is 19.4. The van der Waals surface area contributed by atoms with Crippen LogP contribution in [0.1, 0.15) is 11.3 Å². The summed E-state index contributed by atoms with van der Waals surface area (Å²) in [7, 11) is 0. The molecule has 34 heavy (non-hydrogen) atoms. The number of aromatic hydroxyl groups is 1. The molecule has 168 valence electrons. The summed E-state index contributed by atoms with van der Waals surface area (Å²) in [6, 6.07) is 22.1. The average molecular weight is 488 g/mol. The molecule has 0 saturated carbocycles. The van der Waals surface area contributed by atoms with E-state index in [9.17, 15) is 9.90 Å². The molecule has 0 atom stereocenters. The topological polar surface area (TPSA) is 78.0 Å². The first-order valence-electron chi connectivity index (χ1n) is 10.6. The summed E-state index contributed by atoms with van der Waals surface area (Å²) in [5.74, 6) is -0.0631. The van der Waals surface area contributed by atoms with Gasteiger partial charge < -0.3 is 15.4 Å². The van der Waals surface area contributed by atoms with Crippen molar-refractivity contribution in [1.29, 1.82) is 0 Å². The lowest BCUT2D eigenvalue weighted by Gasteiger charge is -2.08. The van der Waals surface area contributed by atoms with E-state index in [4.69, 9.17) is 28.2 Å². The highest BCUT2D eigenvalue weighted by atomic mass is 35.5. The molecule has 0 aliphatic carbocycles. The van der Waals surface area contributed by atoms with Gasteiger partial charge >= 0.3 is 0 Å². The van der Waals surface area contributed by atoms with Crippen LogP contribution in [0.5, 0.6) is 5.75 Å². The molecule has 0 spiro atoms. The third-order valence-electron chi connectivity index (χ3n) is 5.50. The molecule has 3 N–H and O–H groups in total. The second-order valence-electron chi connectivity index (χ2n) is 7.83. The van der Waals surface area contributed by atoms with Crippen molar-refractivity contribution in [3.63, 3.8) is 0 Å². The number of aromatic amines is 1. The number of aromatic nitrogens is 2. The number of nitrogens with one attached hydrogen (secondary N) is 2. The van der Waals surface area contributed by atoms with Crippen molar-refractivity contribution in [3.8, 4) is 17.0 Å². The minimum atomic E-state index is -0.252. The second-order valence-corrected chi connectivity index (χ2v) is 8.64. The van der Waals surface area contributed by atoms with Gasteiger partial charge in [0.2, 0.25) is 5.91 Å². The predicted octanol–water partition coefficient (Wildman–Crippen LogP) is 6.73. The highest BCUT2D eigenvalue weighted by molar-refractivity contribution is 6.42. The molecule has 5 rings (SSSR count). The van der Waals surface area contributed by atoms with E-state index in [0.29, 0.717) is 10.0 Å². The smallest absolute Gasteiger partial charge is 0.244 e. The third kappa shape index (κ3) is 4.49. The SMILES string of the molecule is O=C(/C=C/c1ccc(Cl)c(Cl)c1)NCc1cc2c([nH]c3ccccc32)c(-c2ccc(O)cc2)n1. The molecule has 0 saturated heterocycles. The lowest BCUT2D eigenvalue weighted by molar-refractivity contribution is -0.116. The highest BCUT2D eigenvalue weighted by Crippen LogP contribution is 2.33. The number of amides is 1. The van der Waals surface area contributed by atoms with E-state index in [1.807, 2.05) is 36.4 Å². The number of H-pyrrole nitrogens is 1. The van der Waals surface area contributed by atoms with Crippen molar-refractivity contribution in [2.75, 3.05) is 0 Å². The summed E-state index contributed by atoms with van der Waals surface area (Å²) >= 11 is 12.0. The summed E-state index contributed by atoms with van der Waals surface area (Å²) in [6.45, 7) is 0.255. The standard InChI is InChI=1S/C27H19Cl2N3O2/c28-22-11-5-16(13-23(22)29)6-12-25(34)30-15-18-14-21-20-3-1-2-4-24(20)32-27(21)26(31-18)17-7-9-19(33)10-8-17/h1-14,32-33H,15H2,(H,30,34)/b12-6+. The molecule has 0 radical (unpaired) electrons. The molecular weight excluding hydrogens is 469 g/mol. The summed E-state index contributed by atoms with van der Waals surface area (Å²) in [4.78, 5) is 20.7. The van der Waals surface area contributed by atoms with Gasteiger partial charge in [-0.15, -0.1) is 0 Å². The zero-order chi connectivity index (χ0) is 23.7. The number of hydrogen-bond donors (Lipinski definition) is 3. The Kier molecular flexibility index (Phi) is 5.97. The van der Waals surface area contributed by atoms with E-state index in [1.54, 1.807) is 36.4 Å². The van der Waals surface area contributed by atoms with Gasteiger partial charge in [0.15, 0.2) is 0 Å². The van der Waals surface area contributed by atoms with E-state index in [0.717, 1.165) is 44.3 Å². The number of pyridine rings is 1. The van der Waals surface area contributed by atoms with Crippen molar-refractivity contribution in [2.24, 2.45) is 0 Å². The fraction of sp³-hybridized carbons (Fsp3) is 0.0370. The Morgan fingerprint density at radius 2 is 1.76 bits per heavy atom. The van der Waals surface area contributed by atoms with Crippen LogP contribution in [0.15, 0.2) is 78.9 Å². The minimum absolute atomic E-state index is 0.189. The molecule has 2 heterocycles. The molecule has 3 aromatic carbocycles. The van der Waals surface area contributed by atoms with Crippen molar-refractivity contribution in [2.45, 2.75) is 6.54 Å². The lowest BCUT2D eigenvalue weighted by Crippen LogP contribution is -2.21. The van der Waals surface area contributed by atoms with Gasteiger partial charge in [0.1, 0.15) is 5.75 Å². The van der Waals surface area contributed by atoms with Gasteiger partial charge in [0.05, 0.1) is 33.5 Å². The van der Waals surface area contributed by atoms with Crippen molar-refractivity contribution < 1.29 is 9.90 Å². The number of carbonyl (C=O) groups is 1. The lowest BCUT2D eigenvalue weighted by atomic mass is 10.1. The Hall–Kier alpha value is -3.80. The van der Waals surface area contributed by atoms with Gasteiger partial charge in [-0.25, -0.2) is 4.98 Å². The number of benzene rings is 3. The zero-order valence-electron chi connectivity index (χ0n) is 17.8. The van der Waals surface area contributed by atoms with Gasteiger partial charge in [-0.3, -0.25) is 4.79 Å². The molecule has 7 heteroatoms. The van der Waals surface area contributed by atoms with E-state index < -0.39 is 0 Å². The Balaban J connectivity index is 1.45. The molecule has 0 aliphatic rings. The molecule has 0 unspecified atom stereocenters. The van der Waals surface area contributed by atoms with Crippen LogP contribution >= 0.6 is 23.2 Å². The van der Waals surface area contributed by atoms with Gasteiger partial charge in [-0.05, 0) is 60.2 Å². The van der Waals surface area contributed by atoms with E-state index in [1.165, 1.54) is 6.08 Å². The fourth-order valence-electron chi connectivity index (χ4n) is 3.84. The molecule has 0 bridgehead atoms. The van der Waals surface area contributed by atoms with Crippen LogP contribution in [0, 0.1) is 0 Å². The maximum atomic E-state index is 12.4. The Morgan fingerprint density at radius 3 is 2.56 bits per heavy atom. The van der Waals surface area contributed by atoms with Crippen LogP contribution < -0.4 is 5.32 Å². The van der Waals surface area contributed by atoms with Crippen LogP contribution in [0.2, 0.25) is 10.0 Å². The average Bonchev–Trinajstić information content (AvgIpc) is 3.22. The number of halogens is 2. The Morgan fingerprint density at radius 1 is 0.971 bits per heavy atom. The van der Waals surface area contributed by atoms with Crippen LogP contribution in [0.4, 0.5) is 0 Å². The van der Waals surface area contributed by atoms with Crippen molar-refractivity contribution in [1.82, 2.24) is 15.3 Å². The molecule has 0 fully saturated rings. The minimum Gasteiger partial charge on any atom is -0.508 e. The van der Waals surface area contributed by atoms with Gasteiger partial charge in [0, 0.05) is 27.9 Å². The quantitative estimate of drug-likeness (QED) is 0.240. The highest BCUT2D eigenvalue weighted by Gasteiger charge is 2.14. The normalized spacial score (nSPS) is 11.5. The fourth-order valence-corrected chi connectivity index (χ4v) is 4.15. The van der Waals surface area contributed by atoms with Crippen molar-refractivity contribution >= 4 is 57.0 Å². The van der Waals surface area contributed by atoms with Gasteiger partial charge in [-0.1, -0.05) is 47.5 Å². The van der Waals surface area contributed by atoms with Crippen LogP contribution in [-0.2, 0) is 11.3 Å². The molecule has 2 aromatic heterocycles. The molecule has 5 aromatic rings. The summed E-state index contributed by atoms with van der Waals surface area (Å²) in [6.07, 6.45) is 3.13. The van der Waals surface area contributed by atoms with Crippen LogP contribution in [0.3, 0.4) is 0 Å². The number of fused-ring (bicyclic) bond motifs is 3. The molecule has 0 aliphatic heterocycles. The predicted molar refractivity (Wildman–Crippen MR) is 138 cm³/mol. The summed E-state index contributed by atoms with van der Waals surface area (Å²) in [5, 5.41) is 15.6. The number of nitrogens with zero attached hydrogens (tertiary/aromatic N) is 1. The van der Waals surface area contributed by atoms with Crippen LogP contribution in [0.25, 0.3) is 39.1 Å². The summed E-state index contributed by atoms with van der Waals surface area (Å²) < 4.78 is 0. The Bertz CT molecular complexity index is 1560. The third-order valence-corrected chi connectivity index (χ3v) is 6.24. The van der Waals surface area contributed by atoms with E-state index >= 15 is 0 Å². The van der Waals surface area contributed by atoms with E-state index in [-0.39, 0.29) is 18.2 Å². The number of para-hydroxylation sites is 1. The van der Waals surface area contributed by atoms with Crippen molar-refractivity contribution in [3.05, 3.63) is 100 Å². The number of rotatable bonds is 5. The molecule has 5 nitrogen and oxygen atoms in total. The number of hydrogen-bond acceptors (Lipinski definition) is 3. The number of phenols is 1. The first-order chi connectivity index (χ1) is 16.5. The molecule has 1 amide bonds. The maximum absolute atomic E-state index is 12.4. The molecular formula is C27H19Cl2N3O2. The number of carbonyl (C=O) groups excluding carboxylic acids is 1. The van der Waals surface area contributed by atoms with Gasteiger partial charge in [0.25, 0.3) is 0 Å². The largest absolute Gasteiger partial charge is 0.508 e. The summed E-state index contributed by atoms with van der Waals surface area (Å²) in [5.41, 5.74) is 5.02.